The van der Waals surface area contributed by atoms with Crippen molar-refractivity contribution in [1.29, 1.82) is 0 Å². The first-order valence-electron chi connectivity index (χ1n) is 7.07. The topological polar surface area (TPSA) is 69.6 Å². The smallest absolute Gasteiger partial charge is 0.475 e. The van der Waals surface area contributed by atoms with Gasteiger partial charge >= 0.3 is 12.1 Å². The zero-order valence-corrected chi connectivity index (χ0v) is 11.5. The van der Waals surface area contributed by atoms with Crippen molar-refractivity contribution in [2.75, 3.05) is 26.2 Å². The van der Waals surface area contributed by atoms with Crippen molar-refractivity contribution in [3.05, 3.63) is 0 Å². The first-order valence-corrected chi connectivity index (χ1v) is 7.07. The molecule has 1 saturated carbocycles. The van der Waals surface area contributed by atoms with Gasteiger partial charge in [0.25, 0.3) is 0 Å². The Morgan fingerprint density at radius 3 is 1.95 bits per heavy atom. The molecular weight excluding hydrogens is 289 g/mol. The number of carboxylic acid groups (broad SMARTS) is 1. The third-order valence-corrected chi connectivity index (χ3v) is 3.97. The van der Waals surface area contributed by atoms with E-state index < -0.39 is 12.1 Å². The molecule has 120 valence electrons. The van der Waals surface area contributed by atoms with Crippen molar-refractivity contribution in [3.8, 4) is 0 Å². The van der Waals surface area contributed by atoms with E-state index in [1.807, 2.05) is 0 Å². The summed E-state index contributed by atoms with van der Waals surface area (Å²) in [5, 5.41) is 10.6. The first-order chi connectivity index (χ1) is 9.77. The molecular formula is C13H19F3N2O3. The van der Waals surface area contributed by atoms with Crippen LogP contribution in [-0.2, 0) is 9.59 Å². The molecule has 0 aromatic heterocycles. The standard InChI is InChI=1S/C11H18N2O.C2HF3O2/c14-11(10-1-2-10)13-6-8-3-9(7-13)5-12-4-8;3-2(4,5)1(6)7/h8-10,12H,1-7H2;(H,6,7)/t8-,9+;. The van der Waals surface area contributed by atoms with Crippen LogP contribution in [0.5, 0.6) is 0 Å². The molecule has 5 nitrogen and oxygen atoms in total. The molecule has 21 heavy (non-hydrogen) atoms. The number of carbonyl (C=O) groups excluding carboxylic acids is 1. The predicted molar refractivity (Wildman–Crippen MR) is 67.5 cm³/mol. The Kier molecular flexibility index (Phi) is 4.75. The van der Waals surface area contributed by atoms with Gasteiger partial charge in [-0.1, -0.05) is 0 Å². The summed E-state index contributed by atoms with van der Waals surface area (Å²) in [6.07, 6.45) is -1.47. The van der Waals surface area contributed by atoms with Crippen molar-refractivity contribution >= 4 is 11.9 Å². The first kappa shape index (κ1) is 16.1. The molecule has 0 spiro atoms. The maximum Gasteiger partial charge on any atom is 0.490 e. The van der Waals surface area contributed by atoms with Gasteiger partial charge in [0.2, 0.25) is 5.91 Å². The summed E-state index contributed by atoms with van der Waals surface area (Å²) < 4.78 is 31.7. The number of nitrogens with one attached hydrogen (secondary N) is 1. The van der Waals surface area contributed by atoms with Gasteiger partial charge in [-0.05, 0) is 44.2 Å². The largest absolute Gasteiger partial charge is 0.490 e. The van der Waals surface area contributed by atoms with Crippen LogP contribution in [0.4, 0.5) is 13.2 Å². The van der Waals surface area contributed by atoms with E-state index in [4.69, 9.17) is 9.90 Å². The maximum absolute atomic E-state index is 11.9. The lowest BCUT2D eigenvalue weighted by Gasteiger charge is -2.41. The molecule has 3 fully saturated rings. The highest BCUT2D eigenvalue weighted by Gasteiger charge is 2.39. The fourth-order valence-electron chi connectivity index (χ4n) is 2.87. The van der Waals surface area contributed by atoms with Crippen LogP contribution in [0, 0.1) is 17.8 Å². The van der Waals surface area contributed by atoms with Crippen LogP contribution in [0.15, 0.2) is 0 Å². The van der Waals surface area contributed by atoms with E-state index in [2.05, 4.69) is 10.2 Å². The van der Waals surface area contributed by atoms with Gasteiger partial charge in [0.05, 0.1) is 0 Å². The lowest BCUT2D eigenvalue weighted by Crippen LogP contribution is -2.53. The quantitative estimate of drug-likeness (QED) is 0.761. The van der Waals surface area contributed by atoms with Crippen molar-refractivity contribution < 1.29 is 27.9 Å². The van der Waals surface area contributed by atoms with Gasteiger partial charge in [0.15, 0.2) is 0 Å². The lowest BCUT2D eigenvalue weighted by atomic mass is 9.85. The second kappa shape index (κ2) is 6.21. The molecule has 2 aliphatic heterocycles. The van der Waals surface area contributed by atoms with E-state index in [0.717, 1.165) is 50.9 Å². The van der Waals surface area contributed by atoms with Crippen LogP contribution in [0.1, 0.15) is 19.3 Å². The highest BCUT2D eigenvalue weighted by Crippen LogP contribution is 2.33. The monoisotopic (exact) mass is 308 g/mol. The average molecular weight is 308 g/mol. The molecule has 1 amide bonds. The van der Waals surface area contributed by atoms with E-state index >= 15 is 0 Å². The molecule has 3 rings (SSSR count). The van der Waals surface area contributed by atoms with Crippen LogP contribution >= 0.6 is 0 Å². The van der Waals surface area contributed by atoms with Gasteiger partial charge < -0.3 is 15.3 Å². The third-order valence-electron chi connectivity index (χ3n) is 3.97. The molecule has 2 heterocycles. The highest BCUT2D eigenvalue weighted by molar-refractivity contribution is 5.81. The number of rotatable bonds is 1. The molecule has 2 bridgehead atoms. The molecule has 3 aliphatic rings. The Labute approximate surface area is 120 Å². The number of aliphatic carboxylic acids is 1. The van der Waals surface area contributed by atoms with Gasteiger partial charge in [0, 0.05) is 19.0 Å². The Morgan fingerprint density at radius 1 is 1.10 bits per heavy atom. The van der Waals surface area contributed by atoms with Crippen molar-refractivity contribution in [1.82, 2.24) is 10.2 Å². The molecule has 0 aromatic rings. The Morgan fingerprint density at radius 2 is 1.57 bits per heavy atom. The number of amides is 1. The van der Waals surface area contributed by atoms with Crippen LogP contribution in [0.3, 0.4) is 0 Å². The van der Waals surface area contributed by atoms with Gasteiger partial charge in [-0.3, -0.25) is 4.79 Å². The summed E-state index contributed by atoms with van der Waals surface area (Å²) in [7, 11) is 0. The molecule has 2 saturated heterocycles. The lowest BCUT2D eigenvalue weighted by molar-refractivity contribution is -0.192. The minimum Gasteiger partial charge on any atom is -0.475 e. The number of hydrogen-bond donors (Lipinski definition) is 2. The van der Waals surface area contributed by atoms with E-state index in [1.165, 1.54) is 6.42 Å². The summed E-state index contributed by atoms with van der Waals surface area (Å²) in [4.78, 5) is 22.9. The minimum atomic E-state index is -5.08. The zero-order chi connectivity index (χ0) is 15.6. The van der Waals surface area contributed by atoms with Gasteiger partial charge in [-0.2, -0.15) is 13.2 Å². The summed E-state index contributed by atoms with van der Waals surface area (Å²) in [6.45, 7) is 4.26. The summed E-state index contributed by atoms with van der Waals surface area (Å²) in [5.74, 6) is -0.453. The molecule has 2 N–H and O–H groups in total. The number of piperidine rings is 2. The number of halogens is 3. The Balaban J connectivity index is 0.000000199. The molecule has 0 aromatic carbocycles. The normalized spacial score (nSPS) is 28.4. The third kappa shape index (κ3) is 4.59. The second-order valence-corrected chi connectivity index (χ2v) is 5.95. The average Bonchev–Trinajstić information content (AvgIpc) is 3.21. The van der Waals surface area contributed by atoms with E-state index in [0.29, 0.717) is 11.8 Å². The van der Waals surface area contributed by atoms with E-state index in [1.54, 1.807) is 0 Å². The van der Waals surface area contributed by atoms with Crippen LogP contribution in [0.25, 0.3) is 0 Å². The molecule has 1 aliphatic carbocycles. The van der Waals surface area contributed by atoms with Crippen molar-refractivity contribution in [2.45, 2.75) is 25.4 Å². The predicted octanol–water partition coefficient (Wildman–Crippen LogP) is 1.10. The SMILES string of the molecule is O=C(C1CC1)N1C[C@@H]2CNC[C@@H](C2)C1.O=C(O)C(F)(F)F. The second-order valence-electron chi connectivity index (χ2n) is 5.95. The Bertz CT molecular complexity index is 398. The van der Waals surface area contributed by atoms with Crippen molar-refractivity contribution in [2.24, 2.45) is 17.8 Å². The van der Waals surface area contributed by atoms with Gasteiger partial charge in [0.1, 0.15) is 0 Å². The van der Waals surface area contributed by atoms with Crippen LogP contribution in [-0.4, -0.2) is 54.2 Å². The van der Waals surface area contributed by atoms with Crippen LogP contribution < -0.4 is 5.32 Å². The van der Waals surface area contributed by atoms with E-state index in [-0.39, 0.29) is 0 Å². The number of hydrogen-bond acceptors (Lipinski definition) is 3. The number of fused-ring (bicyclic) bond motifs is 2. The van der Waals surface area contributed by atoms with Crippen molar-refractivity contribution in [3.63, 3.8) is 0 Å². The van der Waals surface area contributed by atoms with Crippen LogP contribution in [0.2, 0.25) is 0 Å². The van der Waals surface area contributed by atoms with Gasteiger partial charge in [-0.15, -0.1) is 0 Å². The number of carboxylic acids is 1. The number of alkyl halides is 3. The fourth-order valence-corrected chi connectivity index (χ4v) is 2.87. The number of carbonyl (C=O) groups is 2. The minimum absolute atomic E-state index is 0.404. The molecule has 0 radical (unpaired) electrons. The summed E-state index contributed by atoms with van der Waals surface area (Å²) in [5.41, 5.74) is 0. The fraction of sp³-hybridized carbons (Fsp3) is 0.846. The number of likely N-dealkylation sites (tertiary alicyclic amines) is 1. The zero-order valence-electron chi connectivity index (χ0n) is 11.5. The van der Waals surface area contributed by atoms with Gasteiger partial charge in [-0.25, -0.2) is 4.79 Å². The van der Waals surface area contributed by atoms with E-state index in [9.17, 15) is 18.0 Å². The molecule has 2 atom stereocenters. The molecule has 0 unspecified atom stereocenters. The number of nitrogens with zero attached hydrogens (tertiary/aromatic N) is 1. The maximum atomic E-state index is 11.9. The molecule has 8 heteroatoms. The highest BCUT2D eigenvalue weighted by atomic mass is 19.4. The summed E-state index contributed by atoms with van der Waals surface area (Å²) in [6, 6.07) is 0. The summed E-state index contributed by atoms with van der Waals surface area (Å²) >= 11 is 0. The Hall–Kier alpha value is -1.31.